The fraction of sp³-hybridized carbons (Fsp3) is 0.433. The van der Waals surface area contributed by atoms with Crippen molar-refractivity contribution in [3.63, 3.8) is 0 Å². The number of likely N-dealkylation sites (tertiary alicyclic amines) is 1. The molecule has 2 aromatic carbocycles. The van der Waals surface area contributed by atoms with Gasteiger partial charge >= 0.3 is 0 Å². The molecular weight excluding hydrogens is 440 g/mol. The maximum Gasteiger partial charge on any atom is 0.107 e. The summed E-state index contributed by atoms with van der Waals surface area (Å²) in [5.41, 5.74) is 1.89. The molecule has 3 nitrogen and oxygen atoms in total. The Morgan fingerprint density at radius 3 is 2.35 bits per heavy atom. The molecule has 1 fully saturated rings. The first kappa shape index (κ1) is 24.7. The van der Waals surface area contributed by atoms with Crippen molar-refractivity contribution in [3.05, 3.63) is 94.5 Å². The predicted molar refractivity (Wildman–Crippen MR) is 139 cm³/mol. The van der Waals surface area contributed by atoms with Crippen molar-refractivity contribution in [1.82, 2.24) is 0 Å². The summed E-state index contributed by atoms with van der Waals surface area (Å²) in [5, 5.41) is 22.3. The molecular formula is C30H36ClN2O+. The van der Waals surface area contributed by atoms with Crippen LogP contribution >= 0.6 is 11.6 Å². The van der Waals surface area contributed by atoms with Crippen LogP contribution < -0.4 is 0 Å². The largest absolute Gasteiger partial charge is 0.385 e. The Morgan fingerprint density at radius 2 is 1.74 bits per heavy atom. The number of nitriles is 1. The number of hydrogen-bond acceptors (Lipinski definition) is 2. The van der Waals surface area contributed by atoms with Crippen molar-refractivity contribution >= 4 is 11.6 Å². The smallest absolute Gasteiger partial charge is 0.107 e. The zero-order chi connectivity index (χ0) is 24.1. The summed E-state index contributed by atoms with van der Waals surface area (Å²) in [7, 11) is 2.31. The second kappa shape index (κ2) is 10.5. The van der Waals surface area contributed by atoms with E-state index in [1.54, 1.807) is 0 Å². The van der Waals surface area contributed by atoms with Crippen molar-refractivity contribution in [1.29, 1.82) is 5.26 Å². The number of unbranched alkanes of at least 4 members (excludes halogenated alkanes) is 1. The van der Waals surface area contributed by atoms with Crippen LogP contribution in [0.3, 0.4) is 0 Å². The highest BCUT2D eigenvalue weighted by Crippen LogP contribution is 2.40. The Labute approximate surface area is 209 Å². The molecule has 0 spiro atoms. The van der Waals surface area contributed by atoms with E-state index in [-0.39, 0.29) is 0 Å². The second-order valence-electron chi connectivity index (χ2n) is 10.3. The third-order valence-electron chi connectivity index (χ3n) is 7.96. The minimum absolute atomic E-state index is 0.576. The van der Waals surface area contributed by atoms with Crippen molar-refractivity contribution in [2.75, 3.05) is 26.7 Å². The summed E-state index contributed by atoms with van der Waals surface area (Å²) in [5.74, 6) is 0. The van der Waals surface area contributed by atoms with Gasteiger partial charge in [-0.25, -0.2) is 0 Å². The highest BCUT2D eigenvalue weighted by Gasteiger charge is 2.40. The van der Waals surface area contributed by atoms with Gasteiger partial charge in [-0.3, -0.25) is 0 Å². The van der Waals surface area contributed by atoms with Crippen LogP contribution in [0.4, 0.5) is 0 Å². The zero-order valence-corrected chi connectivity index (χ0v) is 21.0. The van der Waals surface area contributed by atoms with Crippen molar-refractivity contribution in [3.8, 4) is 6.07 Å². The van der Waals surface area contributed by atoms with E-state index >= 15 is 0 Å². The van der Waals surface area contributed by atoms with Crippen LogP contribution in [-0.2, 0) is 11.0 Å². The van der Waals surface area contributed by atoms with Gasteiger partial charge in [0.05, 0.1) is 32.8 Å². The van der Waals surface area contributed by atoms with Gasteiger partial charge in [0.2, 0.25) is 0 Å². The van der Waals surface area contributed by atoms with E-state index in [1.165, 1.54) is 0 Å². The minimum Gasteiger partial charge on any atom is -0.385 e. The first-order chi connectivity index (χ1) is 16.4. The maximum absolute atomic E-state index is 11.2. The van der Waals surface area contributed by atoms with Crippen LogP contribution in [0, 0.1) is 11.3 Å². The van der Waals surface area contributed by atoms with Gasteiger partial charge in [-0.1, -0.05) is 72.3 Å². The summed E-state index contributed by atoms with van der Waals surface area (Å²) in [6, 6.07) is 20.6. The molecule has 0 radical (unpaired) electrons. The molecule has 178 valence electrons. The Hall–Kier alpha value is -2.38. The topological polar surface area (TPSA) is 44.0 Å². The van der Waals surface area contributed by atoms with E-state index < -0.39 is 11.0 Å². The molecule has 0 bridgehead atoms. The lowest BCUT2D eigenvalue weighted by molar-refractivity contribution is -0.917. The first-order valence-corrected chi connectivity index (χ1v) is 12.9. The van der Waals surface area contributed by atoms with Gasteiger partial charge in [0.1, 0.15) is 11.0 Å². The number of halogens is 1. The summed E-state index contributed by atoms with van der Waals surface area (Å²) < 4.78 is 0.976. The molecule has 4 heteroatoms. The molecule has 0 amide bonds. The third kappa shape index (κ3) is 5.31. The third-order valence-corrected chi connectivity index (χ3v) is 8.21. The van der Waals surface area contributed by atoms with Crippen LogP contribution in [0.5, 0.6) is 0 Å². The molecule has 1 saturated heterocycles. The normalized spacial score (nSPS) is 26.4. The molecule has 1 atom stereocenters. The minimum atomic E-state index is -0.759. The number of hydrogen-bond donors (Lipinski definition) is 1. The number of nitrogens with zero attached hydrogens (tertiary/aromatic N) is 2. The highest BCUT2D eigenvalue weighted by molar-refractivity contribution is 6.30. The fourth-order valence-corrected chi connectivity index (χ4v) is 5.72. The number of quaternary nitrogens is 1. The molecule has 1 aliphatic carbocycles. The number of piperidine rings is 1. The highest BCUT2D eigenvalue weighted by atomic mass is 35.5. The van der Waals surface area contributed by atoms with Crippen LogP contribution in [-0.4, -0.2) is 36.3 Å². The molecule has 0 aromatic heterocycles. The van der Waals surface area contributed by atoms with Crippen molar-refractivity contribution < 1.29 is 9.59 Å². The quantitative estimate of drug-likeness (QED) is 0.342. The Morgan fingerprint density at radius 1 is 1.03 bits per heavy atom. The molecule has 2 aliphatic rings. The molecule has 1 aliphatic heterocycles. The summed E-state index contributed by atoms with van der Waals surface area (Å²) in [6.07, 6.45) is 13.1. The first-order valence-electron chi connectivity index (χ1n) is 12.6. The predicted octanol–water partition coefficient (Wildman–Crippen LogP) is 6.68. The number of benzene rings is 2. The zero-order valence-electron chi connectivity index (χ0n) is 20.2. The van der Waals surface area contributed by atoms with E-state index in [4.69, 9.17) is 11.6 Å². The Balaban J connectivity index is 1.38. The van der Waals surface area contributed by atoms with Crippen LogP contribution in [0.1, 0.15) is 56.1 Å². The molecule has 4 rings (SSSR count). The second-order valence-corrected chi connectivity index (χ2v) is 10.7. The monoisotopic (exact) mass is 475 g/mol. The maximum atomic E-state index is 11.2. The molecule has 1 N–H and O–H groups in total. The molecule has 0 saturated carbocycles. The van der Waals surface area contributed by atoms with E-state index in [1.807, 2.05) is 42.5 Å². The average Bonchev–Trinajstić information content (AvgIpc) is 2.88. The van der Waals surface area contributed by atoms with Gasteiger partial charge in [0, 0.05) is 17.9 Å². The van der Waals surface area contributed by atoms with E-state index in [2.05, 4.69) is 43.5 Å². The average molecular weight is 476 g/mol. The van der Waals surface area contributed by atoms with Crippen LogP contribution in [0.15, 0.2) is 78.4 Å². The summed E-state index contributed by atoms with van der Waals surface area (Å²) in [4.78, 5) is 0. The van der Waals surface area contributed by atoms with Crippen LogP contribution in [0.2, 0.25) is 5.02 Å². The lowest BCUT2D eigenvalue weighted by Crippen LogP contribution is -2.54. The van der Waals surface area contributed by atoms with Gasteiger partial charge < -0.3 is 9.59 Å². The van der Waals surface area contributed by atoms with E-state index in [0.29, 0.717) is 5.02 Å². The van der Waals surface area contributed by atoms with E-state index in [9.17, 15) is 10.4 Å². The number of rotatable bonds is 8. The molecule has 2 aromatic rings. The van der Waals surface area contributed by atoms with Crippen LogP contribution in [0.25, 0.3) is 0 Å². The Kier molecular flexibility index (Phi) is 7.63. The SMILES string of the molecule is C[N+]1(CCCCC(C#N)(C2=CCCC=C2)c2ccccc2)CCC(O)(c2ccc(Cl)cc2)CC1. The van der Waals surface area contributed by atoms with Gasteiger partial charge in [-0.2, -0.15) is 5.26 Å². The fourth-order valence-electron chi connectivity index (χ4n) is 5.60. The van der Waals surface area contributed by atoms with Gasteiger partial charge in [0.15, 0.2) is 0 Å². The summed E-state index contributed by atoms with van der Waals surface area (Å²) >= 11 is 6.03. The lowest BCUT2D eigenvalue weighted by atomic mass is 9.70. The van der Waals surface area contributed by atoms with E-state index in [0.717, 1.165) is 85.8 Å². The number of aliphatic hydroxyl groups is 1. The molecule has 1 unspecified atom stereocenters. The number of allylic oxidation sites excluding steroid dienone is 4. The van der Waals surface area contributed by atoms with Gasteiger partial charge in [0.25, 0.3) is 0 Å². The standard InChI is InChI=1S/C30H36ClN2O/c1-33(22-19-30(34,20-23-33)27-14-16-28(31)17-15-27)21-9-8-18-29(24-32,25-10-4-2-5-11-25)26-12-6-3-7-13-26/h2,4-6,10-17,34H,3,7-9,18-23H2,1H3/q+1. The Bertz CT molecular complexity index is 1060. The van der Waals surface area contributed by atoms with Gasteiger partial charge in [-0.15, -0.1) is 0 Å². The molecule has 34 heavy (non-hydrogen) atoms. The van der Waals surface area contributed by atoms with Crippen molar-refractivity contribution in [2.24, 2.45) is 0 Å². The summed E-state index contributed by atoms with van der Waals surface area (Å²) in [6.45, 7) is 2.98. The van der Waals surface area contributed by atoms with Crippen molar-refractivity contribution in [2.45, 2.75) is 56.0 Å². The molecule has 1 heterocycles. The lowest BCUT2D eigenvalue weighted by Gasteiger charge is -2.44. The van der Waals surface area contributed by atoms with Gasteiger partial charge in [-0.05, 0) is 60.9 Å².